The van der Waals surface area contributed by atoms with Gasteiger partial charge < -0.3 is 21.7 Å². The summed E-state index contributed by atoms with van der Waals surface area (Å²) in [4.78, 5) is 15.1. The molecule has 1 aromatic carbocycles. The minimum Gasteiger partial charge on any atom is -0.465 e. The molecule has 0 aliphatic heterocycles. The minimum absolute atomic E-state index is 0. The number of benzene rings is 1. The zero-order chi connectivity index (χ0) is 11.4. The molecule has 0 saturated carbocycles. The van der Waals surface area contributed by atoms with Gasteiger partial charge in [0.2, 0.25) is 0 Å². The van der Waals surface area contributed by atoms with Crippen LogP contribution in [0.1, 0.15) is 15.9 Å². The molecule has 6 nitrogen and oxygen atoms in total. The highest BCUT2D eigenvalue weighted by molar-refractivity contribution is 5.91. The standard InChI is InChI=1S/C10H13N3O2.ClH.H2O/c1-6-3-4-7(9(14)15-2)5-8(6)13-10(11)12;;/h3-5H,1-2H3,(H4,11,12,13);1H;1H2. The van der Waals surface area contributed by atoms with E-state index in [0.717, 1.165) is 5.56 Å². The van der Waals surface area contributed by atoms with E-state index in [1.165, 1.54) is 7.11 Å². The van der Waals surface area contributed by atoms with E-state index in [1.807, 2.05) is 6.92 Å². The zero-order valence-electron chi connectivity index (χ0n) is 9.56. The Morgan fingerprint density at radius 2 is 1.94 bits per heavy atom. The smallest absolute Gasteiger partial charge is 0.337 e. The first-order valence-corrected chi connectivity index (χ1v) is 4.33. The summed E-state index contributed by atoms with van der Waals surface area (Å²) in [7, 11) is 1.32. The lowest BCUT2D eigenvalue weighted by molar-refractivity contribution is 0.0601. The molecule has 0 bridgehead atoms. The highest BCUT2D eigenvalue weighted by Gasteiger charge is 2.07. The van der Waals surface area contributed by atoms with Gasteiger partial charge in [-0.25, -0.2) is 9.79 Å². The van der Waals surface area contributed by atoms with Crippen LogP contribution in [-0.2, 0) is 4.74 Å². The summed E-state index contributed by atoms with van der Waals surface area (Å²) >= 11 is 0. The Morgan fingerprint density at radius 3 is 2.41 bits per heavy atom. The second-order valence-electron chi connectivity index (χ2n) is 3.03. The average Bonchev–Trinajstić information content (AvgIpc) is 2.19. The van der Waals surface area contributed by atoms with Crippen LogP contribution >= 0.6 is 12.4 Å². The Bertz CT molecular complexity index is 417. The number of nitrogens with zero attached hydrogens (tertiary/aromatic N) is 1. The number of aryl methyl sites for hydroxylation is 1. The first-order valence-electron chi connectivity index (χ1n) is 4.33. The first-order chi connectivity index (χ1) is 7.04. The van der Waals surface area contributed by atoms with Gasteiger partial charge in [0, 0.05) is 0 Å². The van der Waals surface area contributed by atoms with Crippen LogP contribution in [0.25, 0.3) is 0 Å². The molecule has 6 N–H and O–H groups in total. The van der Waals surface area contributed by atoms with Gasteiger partial charge in [-0.05, 0) is 24.6 Å². The molecule has 1 rings (SSSR count). The van der Waals surface area contributed by atoms with Crippen molar-refractivity contribution in [2.45, 2.75) is 6.92 Å². The number of hydrogen-bond donors (Lipinski definition) is 2. The third-order valence-electron chi connectivity index (χ3n) is 1.88. The van der Waals surface area contributed by atoms with Crippen molar-refractivity contribution in [2.24, 2.45) is 16.5 Å². The van der Waals surface area contributed by atoms with Gasteiger partial charge in [-0.2, -0.15) is 0 Å². The number of methoxy groups -OCH3 is 1. The van der Waals surface area contributed by atoms with Crippen molar-refractivity contribution < 1.29 is 15.0 Å². The van der Waals surface area contributed by atoms with Gasteiger partial charge in [0.15, 0.2) is 5.96 Å². The summed E-state index contributed by atoms with van der Waals surface area (Å²) in [6.07, 6.45) is 0. The Morgan fingerprint density at radius 1 is 1.35 bits per heavy atom. The Kier molecular flexibility index (Phi) is 7.74. The van der Waals surface area contributed by atoms with Crippen LogP contribution in [0.4, 0.5) is 5.69 Å². The van der Waals surface area contributed by atoms with Crippen LogP contribution in [0.2, 0.25) is 0 Å². The number of guanidine groups is 1. The molecule has 0 aliphatic rings. The number of hydrogen-bond acceptors (Lipinski definition) is 3. The number of carbonyl (C=O) groups excluding carboxylic acids is 1. The summed E-state index contributed by atoms with van der Waals surface area (Å²) in [6.45, 7) is 1.85. The molecule has 96 valence electrons. The van der Waals surface area contributed by atoms with Gasteiger partial charge in [-0.15, -0.1) is 12.4 Å². The van der Waals surface area contributed by atoms with Crippen LogP contribution in [-0.4, -0.2) is 24.5 Å². The predicted octanol–water partition coefficient (Wildman–Crippen LogP) is 0.284. The second kappa shape index (κ2) is 7.48. The first kappa shape index (κ1) is 17.6. The van der Waals surface area contributed by atoms with E-state index in [1.54, 1.807) is 18.2 Å². The summed E-state index contributed by atoms with van der Waals surface area (Å²) in [6, 6.07) is 5.00. The monoisotopic (exact) mass is 261 g/mol. The molecule has 0 saturated heterocycles. The van der Waals surface area contributed by atoms with Crippen LogP contribution in [0.5, 0.6) is 0 Å². The van der Waals surface area contributed by atoms with Crippen LogP contribution in [0.3, 0.4) is 0 Å². The van der Waals surface area contributed by atoms with Crippen molar-refractivity contribution in [3.05, 3.63) is 29.3 Å². The molecule has 0 atom stereocenters. The molecule has 0 radical (unpaired) electrons. The number of ether oxygens (including phenoxy) is 1. The molecule has 1 aromatic rings. The number of halogens is 1. The number of nitrogens with two attached hydrogens (primary N) is 2. The van der Waals surface area contributed by atoms with E-state index < -0.39 is 5.97 Å². The average molecular weight is 262 g/mol. The highest BCUT2D eigenvalue weighted by atomic mass is 35.5. The lowest BCUT2D eigenvalue weighted by Crippen LogP contribution is -2.22. The summed E-state index contributed by atoms with van der Waals surface area (Å²) < 4.78 is 4.59. The Labute approximate surface area is 105 Å². The maximum absolute atomic E-state index is 11.2. The highest BCUT2D eigenvalue weighted by Crippen LogP contribution is 2.20. The molecule has 0 spiro atoms. The lowest BCUT2D eigenvalue weighted by Gasteiger charge is -2.03. The maximum Gasteiger partial charge on any atom is 0.337 e. The van der Waals surface area contributed by atoms with Gasteiger partial charge in [0.05, 0.1) is 18.4 Å². The zero-order valence-corrected chi connectivity index (χ0v) is 10.4. The fraction of sp³-hybridized carbons (Fsp3) is 0.200. The van der Waals surface area contributed by atoms with Crippen LogP contribution in [0.15, 0.2) is 23.2 Å². The van der Waals surface area contributed by atoms with E-state index in [4.69, 9.17) is 11.5 Å². The predicted molar refractivity (Wildman–Crippen MR) is 68.9 cm³/mol. The van der Waals surface area contributed by atoms with Crippen molar-refractivity contribution in [3.8, 4) is 0 Å². The summed E-state index contributed by atoms with van der Waals surface area (Å²) in [5, 5.41) is 0. The van der Waals surface area contributed by atoms with Gasteiger partial charge in [0.1, 0.15) is 0 Å². The van der Waals surface area contributed by atoms with Gasteiger partial charge >= 0.3 is 5.97 Å². The molecule has 0 unspecified atom stereocenters. The van der Waals surface area contributed by atoms with E-state index >= 15 is 0 Å². The number of aliphatic imine (C=N–C) groups is 1. The number of carbonyl (C=O) groups is 1. The van der Waals surface area contributed by atoms with Crippen LogP contribution < -0.4 is 11.5 Å². The minimum atomic E-state index is -0.415. The molecule has 0 amide bonds. The second-order valence-corrected chi connectivity index (χ2v) is 3.03. The lowest BCUT2D eigenvalue weighted by atomic mass is 10.1. The largest absolute Gasteiger partial charge is 0.465 e. The molecule has 17 heavy (non-hydrogen) atoms. The van der Waals surface area contributed by atoms with Crippen molar-refractivity contribution in [3.63, 3.8) is 0 Å². The van der Waals surface area contributed by atoms with E-state index in [0.29, 0.717) is 11.3 Å². The maximum atomic E-state index is 11.2. The third kappa shape index (κ3) is 4.71. The molecule has 0 heterocycles. The fourth-order valence-electron chi connectivity index (χ4n) is 1.11. The molecule has 0 fully saturated rings. The molecule has 0 aliphatic carbocycles. The van der Waals surface area contributed by atoms with E-state index in [9.17, 15) is 4.79 Å². The van der Waals surface area contributed by atoms with Gasteiger partial charge in [0.25, 0.3) is 0 Å². The van der Waals surface area contributed by atoms with E-state index in [2.05, 4.69) is 9.73 Å². The number of esters is 1. The topological polar surface area (TPSA) is 122 Å². The summed E-state index contributed by atoms with van der Waals surface area (Å²) in [5.74, 6) is -0.456. The van der Waals surface area contributed by atoms with Gasteiger partial charge in [-0.1, -0.05) is 6.07 Å². The Hall–Kier alpha value is -1.79. The van der Waals surface area contributed by atoms with Crippen LogP contribution in [0, 0.1) is 6.92 Å². The molecule has 7 heteroatoms. The fourth-order valence-corrected chi connectivity index (χ4v) is 1.11. The molecular weight excluding hydrogens is 246 g/mol. The molecule has 0 aromatic heterocycles. The van der Waals surface area contributed by atoms with Crippen molar-refractivity contribution in [1.82, 2.24) is 0 Å². The molecular formula is C10H16ClN3O3. The van der Waals surface area contributed by atoms with E-state index in [-0.39, 0.29) is 23.8 Å². The number of rotatable bonds is 2. The quantitative estimate of drug-likeness (QED) is 0.451. The summed E-state index contributed by atoms with van der Waals surface area (Å²) in [5.41, 5.74) is 12.4. The Balaban J connectivity index is 0. The SMILES string of the molecule is COC(=O)c1ccc(C)c(N=C(N)N)c1.Cl.O. The normalized spacial score (nSPS) is 8.35. The van der Waals surface area contributed by atoms with Crippen molar-refractivity contribution in [2.75, 3.05) is 7.11 Å². The third-order valence-corrected chi connectivity index (χ3v) is 1.88. The van der Waals surface area contributed by atoms with Crippen molar-refractivity contribution >= 4 is 30.0 Å². The van der Waals surface area contributed by atoms with Crippen molar-refractivity contribution in [1.29, 1.82) is 0 Å². The van der Waals surface area contributed by atoms with Gasteiger partial charge in [-0.3, -0.25) is 0 Å².